The van der Waals surface area contributed by atoms with Crippen molar-refractivity contribution in [2.75, 3.05) is 0 Å². The third-order valence-corrected chi connectivity index (χ3v) is 3.19. The van der Waals surface area contributed by atoms with Crippen molar-refractivity contribution in [1.29, 1.82) is 0 Å². The first-order chi connectivity index (χ1) is 8.84. The number of halogens is 3. The van der Waals surface area contributed by atoms with Crippen molar-refractivity contribution in [2.45, 2.75) is 26.6 Å². The second-order valence-corrected chi connectivity index (χ2v) is 4.48. The van der Waals surface area contributed by atoms with Crippen molar-refractivity contribution >= 4 is 0 Å². The molecule has 0 unspecified atom stereocenters. The number of nitrogens with zero attached hydrogens (tertiary/aromatic N) is 1. The van der Waals surface area contributed by atoms with Gasteiger partial charge in [0.05, 0.1) is 5.56 Å². The minimum absolute atomic E-state index is 0.374. The van der Waals surface area contributed by atoms with Crippen LogP contribution in [-0.4, -0.2) is 4.57 Å². The number of hydrogen-bond donors (Lipinski definition) is 1. The van der Waals surface area contributed by atoms with Crippen LogP contribution in [0.3, 0.4) is 0 Å². The van der Waals surface area contributed by atoms with Crippen LogP contribution >= 0.6 is 0 Å². The molecule has 0 aliphatic carbocycles. The molecule has 102 valence electrons. The molecular formula is C14H15F3N2. The second kappa shape index (κ2) is 4.74. The van der Waals surface area contributed by atoms with Gasteiger partial charge in [-0.2, -0.15) is 13.2 Å². The highest BCUT2D eigenvalue weighted by molar-refractivity contribution is 5.43. The van der Waals surface area contributed by atoms with Crippen LogP contribution in [0, 0.1) is 13.8 Å². The van der Waals surface area contributed by atoms with E-state index in [2.05, 4.69) is 0 Å². The number of aryl methyl sites for hydroxylation is 1. The fraction of sp³-hybridized carbons (Fsp3) is 0.286. The molecule has 0 saturated carbocycles. The van der Waals surface area contributed by atoms with Gasteiger partial charge in [0.2, 0.25) is 0 Å². The lowest BCUT2D eigenvalue weighted by atomic mass is 10.2. The number of benzene rings is 1. The molecule has 2 N–H and O–H groups in total. The van der Waals surface area contributed by atoms with E-state index < -0.39 is 11.7 Å². The van der Waals surface area contributed by atoms with Gasteiger partial charge in [0, 0.05) is 23.6 Å². The molecule has 2 nitrogen and oxygen atoms in total. The summed E-state index contributed by atoms with van der Waals surface area (Å²) in [6, 6.07) is 7.20. The van der Waals surface area contributed by atoms with Crippen LogP contribution in [0.4, 0.5) is 13.2 Å². The van der Waals surface area contributed by atoms with Crippen LogP contribution in [0.5, 0.6) is 0 Å². The minimum Gasteiger partial charge on any atom is -0.326 e. The van der Waals surface area contributed by atoms with Gasteiger partial charge < -0.3 is 10.3 Å². The third kappa shape index (κ3) is 2.51. The molecular weight excluding hydrogens is 253 g/mol. The summed E-state index contributed by atoms with van der Waals surface area (Å²) in [4.78, 5) is 0. The first-order valence-corrected chi connectivity index (χ1v) is 5.90. The van der Waals surface area contributed by atoms with Crippen molar-refractivity contribution in [3.8, 4) is 5.69 Å². The molecule has 5 heteroatoms. The maximum atomic E-state index is 12.7. The molecule has 0 saturated heterocycles. The quantitative estimate of drug-likeness (QED) is 0.886. The molecule has 0 amide bonds. The SMILES string of the molecule is Cc1cc(CN)c(C)n1-c1cccc(C(F)(F)F)c1. The highest BCUT2D eigenvalue weighted by Crippen LogP contribution is 2.31. The number of rotatable bonds is 2. The van der Waals surface area contributed by atoms with E-state index in [0.717, 1.165) is 29.1 Å². The Kier molecular flexibility index (Phi) is 3.41. The van der Waals surface area contributed by atoms with E-state index in [0.29, 0.717) is 12.2 Å². The Labute approximate surface area is 109 Å². The second-order valence-electron chi connectivity index (χ2n) is 4.48. The lowest BCUT2D eigenvalue weighted by Gasteiger charge is -2.13. The first-order valence-electron chi connectivity index (χ1n) is 5.90. The Hall–Kier alpha value is -1.75. The Bertz CT molecular complexity index is 597. The molecule has 0 aliphatic heterocycles. The summed E-state index contributed by atoms with van der Waals surface area (Å²) in [6.45, 7) is 4.08. The molecule has 2 rings (SSSR count). The topological polar surface area (TPSA) is 30.9 Å². The molecule has 1 aromatic carbocycles. The molecule has 0 bridgehead atoms. The average Bonchev–Trinajstić information content (AvgIpc) is 2.63. The average molecular weight is 268 g/mol. The predicted octanol–water partition coefficient (Wildman–Crippen LogP) is 3.57. The van der Waals surface area contributed by atoms with Gasteiger partial charge in [-0.1, -0.05) is 6.07 Å². The van der Waals surface area contributed by atoms with Gasteiger partial charge in [0.15, 0.2) is 0 Å². The highest BCUT2D eigenvalue weighted by Gasteiger charge is 2.30. The van der Waals surface area contributed by atoms with E-state index in [1.807, 2.05) is 19.9 Å². The predicted molar refractivity (Wildman–Crippen MR) is 68.1 cm³/mol. The molecule has 0 atom stereocenters. The Morgan fingerprint density at radius 3 is 2.37 bits per heavy atom. The summed E-state index contributed by atoms with van der Waals surface area (Å²) in [7, 11) is 0. The molecule has 19 heavy (non-hydrogen) atoms. The Morgan fingerprint density at radius 2 is 1.84 bits per heavy atom. The van der Waals surface area contributed by atoms with Crippen LogP contribution in [-0.2, 0) is 12.7 Å². The molecule has 0 spiro atoms. The van der Waals surface area contributed by atoms with Gasteiger partial charge in [-0.15, -0.1) is 0 Å². The van der Waals surface area contributed by atoms with Crippen molar-refractivity contribution in [2.24, 2.45) is 5.73 Å². The molecule has 1 heterocycles. The van der Waals surface area contributed by atoms with E-state index in [-0.39, 0.29) is 0 Å². The smallest absolute Gasteiger partial charge is 0.326 e. The number of hydrogen-bond acceptors (Lipinski definition) is 1. The monoisotopic (exact) mass is 268 g/mol. The summed E-state index contributed by atoms with van der Waals surface area (Å²) in [5, 5.41) is 0. The number of alkyl halides is 3. The van der Waals surface area contributed by atoms with Crippen LogP contribution in [0.15, 0.2) is 30.3 Å². The maximum Gasteiger partial charge on any atom is 0.416 e. The third-order valence-electron chi connectivity index (χ3n) is 3.19. The van der Waals surface area contributed by atoms with E-state index in [9.17, 15) is 13.2 Å². The molecule has 2 aromatic rings. The fourth-order valence-electron chi connectivity index (χ4n) is 2.25. The number of aromatic nitrogens is 1. The zero-order chi connectivity index (χ0) is 14.2. The Morgan fingerprint density at radius 1 is 1.16 bits per heavy atom. The van der Waals surface area contributed by atoms with Crippen molar-refractivity contribution in [1.82, 2.24) is 4.57 Å². The van der Waals surface area contributed by atoms with Gasteiger partial charge in [0.1, 0.15) is 0 Å². The lowest BCUT2D eigenvalue weighted by molar-refractivity contribution is -0.137. The van der Waals surface area contributed by atoms with Crippen LogP contribution < -0.4 is 5.73 Å². The van der Waals surface area contributed by atoms with E-state index in [4.69, 9.17) is 5.73 Å². The van der Waals surface area contributed by atoms with Gasteiger partial charge in [0.25, 0.3) is 0 Å². The Balaban J connectivity index is 2.57. The summed E-state index contributed by atoms with van der Waals surface area (Å²) < 4.78 is 40.0. The van der Waals surface area contributed by atoms with Gasteiger partial charge >= 0.3 is 6.18 Å². The first kappa shape index (κ1) is 13.7. The summed E-state index contributed by atoms with van der Waals surface area (Å²) >= 11 is 0. The zero-order valence-electron chi connectivity index (χ0n) is 10.8. The van der Waals surface area contributed by atoms with Gasteiger partial charge in [-0.3, -0.25) is 0 Å². The fourth-order valence-corrected chi connectivity index (χ4v) is 2.25. The standard InChI is InChI=1S/C14H15F3N2/c1-9-6-11(8-18)10(2)19(9)13-5-3-4-12(7-13)14(15,16)17/h3-7H,8,18H2,1-2H3. The molecule has 1 aromatic heterocycles. The lowest BCUT2D eigenvalue weighted by Crippen LogP contribution is -2.07. The van der Waals surface area contributed by atoms with Crippen molar-refractivity contribution in [3.05, 3.63) is 52.8 Å². The largest absolute Gasteiger partial charge is 0.416 e. The van der Waals surface area contributed by atoms with Crippen LogP contribution in [0.25, 0.3) is 5.69 Å². The van der Waals surface area contributed by atoms with Crippen LogP contribution in [0.2, 0.25) is 0 Å². The zero-order valence-corrected chi connectivity index (χ0v) is 10.8. The highest BCUT2D eigenvalue weighted by atomic mass is 19.4. The minimum atomic E-state index is -4.33. The van der Waals surface area contributed by atoms with Crippen molar-refractivity contribution < 1.29 is 13.2 Å². The van der Waals surface area contributed by atoms with Gasteiger partial charge in [-0.05, 0) is 43.7 Å². The van der Waals surface area contributed by atoms with Gasteiger partial charge in [-0.25, -0.2) is 0 Å². The molecule has 0 fully saturated rings. The summed E-state index contributed by atoms with van der Waals surface area (Å²) in [5.41, 5.74) is 8.16. The van der Waals surface area contributed by atoms with Crippen LogP contribution in [0.1, 0.15) is 22.5 Å². The summed E-state index contributed by atoms with van der Waals surface area (Å²) in [5.74, 6) is 0. The van der Waals surface area contributed by atoms with E-state index in [1.165, 1.54) is 6.07 Å². The molecule has 0 radical (unpaired) electrons. The maximum absolute atomic E-state index is 12.7. The molecule has 0 aliphatic rings. The van der Waals surface area contributed by atoms with E-state index >= 15 is 0 Å². The van der Waals surface area contributed by atoms with Crippen molar-refractivity contribution in [3.63, 3.8) is 0 Å². The van der Waals surface area contributed by atoms with E-state index in [1.54, 1.807) is 10.6 Å². The normalized spacial score (nSPS) is 11.9. The summed E-state index contributed by atoms with van der Waals surface area (Å²) in [6.07, 6.45) is -4.33. The number of nitrogens with two attached hydrogens (primary N) is 1.